The van der Waals surface area contributed by atoms with Crippen LogP contribution in [0.3, 0.4) is 0 Å². The van der Waals surface area contributed by atoms with Crippen molar-refractivity contribution in [3.63, 3.8) is 0 Å². The Morgan fingerprint density at radius 2 is 2.07 bits per heavy atom. The van der Waals surface area contributed by atoms with Crippen LogP contribution in [0.1, 0.15) is 39.2 Å². The summed E-state index contributed by atoms with van der Waals surface area (Å²) in [7, 11) is 1.67. The lowest BCUT2D eigenvalue weighted by atomic mass is 9.85. The van der Waals surface area contributed by atoms with Gasteiger partial charge in [0.15, 0.2) is 5.96 Å². The van der Waals surface area contributed by atoms with Crippen LogP contribution in [0.5, 0.6) is 5.75 Å². The average molecular weight is 377 g/mol. The minimum absolute atomic E-state index is 0.159. The first-order valence-corrected chi connectivity index (χ1v) is 9.48. The van der Waals surface area contributed by atoms with Crippen molar-refractivity contribution in [2.45, 2.75) is 45.1 Å². The van der Waals surface area contributed by atoms with E-state index in [0.29, 0.717) is 32.2 Å². The number of benzene rings is 1. The summed E-state index contributed by atoms with van der Waals surface area (Å²) in [5, 5.41) is 3.28. The average Bonchev–Trinajstić information content (AvgIpc) is 2.67. The van der Waals surface area contributed by atoms with Gasteiger partial charge < -0.3 is 25.4 Å². The summed E-state index contributed by atoms with van der Waals surface area (Å²) in [6.07, 6.45) is 1.42. The number of ether oxygens (including phenoxy) is 2. The molecule has 150 valence electrons. The fourth-order valence-corrected chi connectivity index (χ4v) is 3.09. The van der Waals surface area contributed by atoms with Crippen molar-refractivity contribution in [1.82, 2.24) is 10.2 Å². The van der Waals surface area contributed by atoms with Gasteiger partial charge in [0.2, 0.25) is 0 Å². The molecule has 1 aromatic rings. The first kappa shape index (κ1) is 20.9. The molecule has 1 aromatic carbocycles. The summed E-state index contributed by atoms with van der Waals surface area (Å²) >= 11 is 0. The summed E-state index contributed by atoms with van der Waals surface area (Å²) in [6.45, 7) is 8.39. The second-order valence-electron chi connectivity index (χ2n) is 7.42. The predicted octanol–water partition coefficient (Wildman–Crippen LogP) is 2.50. The Morgan fingerprint density at radius 1 is 1.37 bits per heavy atom. The van der Waals surface area contributed by atoms with Crippen molar-refractivity contribution in [3.05, 3.63) is 29.8 Å². The molecule has 0 unspecified atom stereocenters. The van der Waals surface area contributed by atoms with Crippen molar-refractivity contribution < 1.29 is 14.3 Å². The van der Waals surface area contributed by atoms with Gasteiger partial charge in [-0.05, 0) is 37.5 Å². The molecule has 3 N–H and O–H groups in total. The molecule has 0 radical (unpaired) electrons. The quantitative estimate of drug-likeness (QED) is 0.588. The van der Waals surface area contributed by atoms with Crippen LogP contribution in [-0.4, -0.2) is 56.3 Å². The lowest BCUT2D eigenvalue weighted by Crippen LogP contribution is -2.48. The fourth-order valence-electron chi connectivity index (χ4n) is 3.09. The topological polar surface area (TPSA) is 89.2 Å². The molecular weight excluding hydrogens is 344 g/mol. The second kappa shape index (κ2) is 9.48. The number of likely N-dealkylation sites (tertiary alicyclic amines) is 1. The molecule has 7 nitrogen and oxygen atoms in total. The van der Waals surface area contributed by atoms with E-state index in [2.05, 4.69) is 30.2 Å². The lowest BCUT2D eigenvalue weighted by molar-refractivity contribution is 0.0963. The van der Waals surface area contributed by atoms with Gasteiger partial charge in [-0.15, -0.1) is 0 Å². The number of hydrogen-bond acceptors (Lipinski definition) is 4. The van der Waals surface area contributed by atoms with Crippen LogP contribution < -0.4 is 15.8 Å². The zero-order chi connectivity index (χ0) is 19.9. The molecule has 2 rings (SSSR count). The molecule has 1 saturated heterocycles. The highest BCUT2D eigenvalue weighted by Crippen LogP contribution is 2.26. The van der Waals surface area contributed by atoms with Crippen molar-refractivity contribution in [2.75, 3.05) is 33.4 Å². The van der Waals surface area contributed by atoms with Crippen LogP contribution in [0.4, 0.5) is 4.79 Å². The third kappa shape index (κ3) is 6.05. The summed E-state index contributed by atoms with van der Waals surface area (Å²) in [4.78, 5) is 18.0. The Kier molecular flexibility index (Phi) is 7.33. The van der Waals surface area contributed by atoms with Crippen LogP contribution in [0.2, 0.25) is 0 Å². The normalized spacial score (nSPS) is 16.1. The van der Waals surface area contributed by atoms with Gasteiger partial charge in [0.25, 0.3) is 0 Å². The number of nitrogens with one attached hydrogen (secondary N) is 1. The molecule has 1 fully saturated rings. The Labute approximate surface area is 161 Å². The molecule has 1 aliphatic rings. The van der Waals surface area contributed by atoms with Crippen LogP contribution in [0, 0.1) is 0 Å². The minimum atomic E-state index is -0.238. The first-order chi connectivity index (χ1) is 12.9. The Hall–Kier alpha value is -2.44. The van der Waals surface area contributed by atoms with Gasteiger partial charge in [-0.3, -0.25) is 4.99 Å². The SMILES string of the molecule is CCOC(=O)N1CCC(NC(N)=NCC(C)(C)c2cccc(OC)c2)CC1. The Balaban J connectivity index is 1.86. The van der Waals surface area contributed by atoms with Crippen LogP contribution >= 0.6 is 0 Å². The lowest BCUT2D eigenvalue weighted by Gasteiger charge is -2.32. The third-order valence-electron chi connectivity index (χ3n) is 4.87. The molecule has 1 aliphatic heterocycles. The van der Waals surface area contributed by atoms with Gasteiger partial charge in [-0.2, -0.15) is 0 Å². The van der Waals surface area contributed by atoms with E-state index in [1.165, 1.54) is 0 Å². The van der Waals surface area contributed by atoms with Crippen LogP contribution in [0.15, 0.2) is 29.3 Å². The van der Waals surface area contributed by atoms with Crippen molar-refractivity contribution in [2.24, 2.45) is 10.7 Å². The van der Waals surface area contributed by atoms with Gasteiger partial charge >= 0.3 is 6.09 Å². The summed E-state index contributed by atoms with van der Waals surface area (Å²) in [6, 6.07) is 8.25. The first-order valence-electron chi connectivity index (χ1n) is 9.48. The second-order valence-corrected chi connectivity index (χ2v) is 7.42. The number of carbonyl (C=O) groups excluding carboxylic acids is 1. The van der Waals surface area contributed by atoms with E-state index in [0.717, 1.165) is 24.2 Å². The van der Waals surface area contributed by atoms with E-state index in [1.807, 2.05) is 25.1 Å². The maximum absolute atomic E-state index is 11.7. The summed E-state index contributed by atoms with van der Waals surface area (Å²) < 4.78 is 10.3. The maximum atomic E-state index is 11.7. The molecule has 1 amide bonds. The van der Waals surface area contributed by atoms with E-state index in [-0.39, 0.29) is 17.6 Å². The maximum Gasteiger partial charge on any atom is 0.409 e. The van der Waals surface area contributed by atoms with Crippen molar-refractivity contribution in [1.29, 1.82) is 0 Å². The fraction of sp³-hybridized carbons (Fsp3) is 0.600. The molecule has 0 aliphatic carbocycles. The summed E-state index contributed by atoms with van der Waals surface area (Å²) in [5.74, 6) is 1.28. The van der Waals surface area contributed by atoms with Gasteiger partial charge in [0.1, 0.15) is 5.75 Å². The van der Waals surface area contributed by atoms with Gasteiger partial charge in [0, 0.05) is 24.5 Å². The molecule has 0 aromatic heterocycles. The largest absolute Gasteiger partial charge is 0.497 e. The molecule has 27 heavy (non-hydrogen) atoms. The zero-order valence-corrected chi connectivity index (χ0v) is 16.8. The molecule has 0 bridgehead atoms. The number of piperidine rings is 1. The number of hydrogen-bond donors (Lipinski definition) is 2. The molecule has 7 heteroatoms. The summed E-state index contributed by atoms with van der Waals surface area (Å²) in [5.41, 5.74) is 7.09. The van der Waals surface area contributed by atoms with Gasteiger partial charge in [-0.25, -0.2) is 4.79 Å². The standard InChI is InChI=1S/C20H32N4O3/c1-5-27-19(25)24-11-9-16(10-12-24)23-18(21)22-14-20(2,3)15-7-6-8-17(13-15)26-4/h6-8,13,16H,5,9-12,14H2,1-4H3,(H3,21,22,23). The Morgan fingerprint density at radius 3 is 2.70 bits per heavy atom. The van der Waals surface area contributed by atoms with E-state index in [4.69, 9.17) is 15.2 Å². The molecule has 1 heterocycles. The number of methoxy groups -OCH3 is 1. The van der Waals surface area contributed by atoms with Crippen LogP contribution in [0.25, 0.3) is 0 Å². The number of nitrogens with two attached hydrogens (primary N) is 1. The number of amides is 1. The van der Waals surface area contributed by atoms with Crippen molar-refractivity contribution in [3.8, 4) is 5.75 Å². The van der Waals surface area contributed by atoms with E-state index in [1.54, 1.807) is 12.0 Å². The van der Waals surface area contributed by atoms with Crippen molar-refractivity contribution >= 4 is 12.1 Å². The molecule has 0 saturated carbocycles. The van der Waals surface area contributed by atoms with Gasteiger partial charge in [0.05, 0.1) is 20.3 Å². The minimum Gasteiger partial charge on any atom is -0.497 e. The smallest absolute Gasteiger partial charge is 0.409 e. The monoisotopic (exact) mass is 376 g/mol. The highest BCUT2D eigenvalue weighted by atomic mass is 16.6. The molecule has 0 atom stereocenters. The van der Waals surface area contributed by atoms with E-state index in [9.17, 15) is 4.79 Å². The highest BCUT2D eigenvalue weighted by Gasteiger charge is 2.24. The van der Waals surface area contributed by atoms with Gasteiger partial charge in [-0.1, -0.05) is 26.0 Å². The number of carbonyl (C=O) groups is 1. The number of aliphatic imine (C=N–C) groups is 1. The highest BCUT2D eigenvalue weighted by molar-refractivity contribution is 5.78. The van der Waals surface area contributed by atoms with Crippen LogP contribution in [-0.2, 0) is 10.2 Å². The Bertz CT molecular complexity index is 652. The molecular formula is C20H32N4O3. The predicted molar refractivity (Wildman–Crippen MR) is 107 cm³/mol. The molecule has 0 spiro atoms. The zero-order valence-electron chi connectivity index (χ0n) is 16.8. The van der Waals surface area contributed by atoms with E-state index >= 15 is 0 Å². The van der Waals surface area contributed by atoms with E-state index < -0.39 is 0 Å². The number of rotatable bonds is 6. The number of guanidine groups is 1. The number of nitrogens with zero attached hydrogens (tertiary/aromatic N) is 2. The third-order valence-corrected chi connectivity index (χ3v) is 4.87.